The van der Waals surface area contributed by atoms with E-state index in [1.165, 1.54) is 6.42 Å². The van der Waals surface area contributed by atoms with E-state index in [0.717, 1.165) is 24.8 Å². The van der Waals surface area contributed by atoms with Crippen LogP contribution in [0.1, 0.15) is 31.2 Å². The van der Waals surface area contributed by atoms with Gasteiger partial charge in [0.2, 0.25) is 0 Å². The number of hydroxylamine groups is 1. The number of nitrogens with one attached hydrogen (secondary N) is 1. The molecule has 2 atom stereocenters. The molecule has 1 fully saturated rings. The van der Waals surface area contributed by atoms with Crippen LogP contribution in [-0.4, -0.2) is 17.3 Å². The standard InChI is InChI=1S/C13H19NO2/c15-13-9-5-4-8-12(13)14-16-10-11-6-2-1-3-7-11/h1-3,6-7,12-15H,4-5,8-10H2. The van der Waals surface area contributed by atoms with Crippen molar-refractivity contribution in [2.45, 2.75) is 44.4 Å². The van der Waals surface area contributed by atoms with E-state index in [9.17, 15) is 5.11 Å². The molecule has 2 N–H and O–H groups in total. The van der Waals surface area contributed by atoms with Crippen molar-refractivity contribution in [2.75, 3.05) is 0 Å². The molecule has 0 amide bonds. The zero-order valence-corrected chi connectivity index (χ0v) is 9.43. The number of hydrogen-bond acceptors (Lipinski definition) is 3. The van der Waals surface area contributed by atoms with Gasteiger partial charge in [-0.3, -0.25) is 4.84 Å². The van der Waals surface area contributed by atoms with Gasteiger partial charge in [0.25, 0.3) is 0 Å². The summed E-state index contributed by atoms with van der Waals surface area (Å²) in [7, 11) is 0. The number of aliphatic hydroxyl groups excluding tert-OH is 1. The first kappa shape index (κ1) is 11.6. The first-order valence-electron chi connectivity index (χ1n) is 5.95. The lowest BCUT2D eigenvalue weighted by molar-refractivity contribution is -0.0444. The highest BCUT2D eigenvalue weighted by Crippen LogP contribution is 2.18. The number of aliphatic hydroxyl groups is 1. The lowest BCUT2D eigenvalue weighted by atomic mass is 9.93. The summed E-state index contributed by atoms with van der Waals surface area (Å²) in [6.45, 7) is 0.546. The first-order valence-corrected chi connectivity index (χ1v) is 5.95. The lowest BCUT2D eigenvalue weighted by Gasteiger charge is -2.27. The van der Waals surface area contributed by atoms with Gasteiger partial charge in [0.15, 0.2) is 0 Å². The van der Waals surface area contributed by atoms with Crippen LogP contribution < -0.4 is 5.48 Å². The highest BCUT2D eigenvalue weighted by Gasteiger charge is 2.22. The van der Waals surface area contributed by atoms with E-state index in [2.05, 4.69) is 5.48 Å². The van der Waals surface area contributed by atoms with Crippen molar-refractivity contribution < 1.29 is 9.94 Å². The second kappa shape index (κ2) is 5.99. The fraction of sp³-hybridized carbons (Fsp3) is 0.538. The molecule has 0 spiro atoms. The molecular weight excluding hydrogens is 202 g/mol. The summed E-state index contributed by atoms with van der Waals surface area (Å²) >= 11 is 0. The van der Waals surface area contributed by atoms with E-state index in [0.29, 0.717) is 6.61 Å². The van der Waals surface area contributed by atoms with Gasteiger partial charge in [0.05, 0.1) is 18.8 Å². The van der Waals surface area contributed by atoms with Crippen LogP contribution in [0.25, 0.3) is 0 Å². The Bertz CT molecular complexity index is 302. The second-order valence-corrected chi connectivity index (χ2v) is 4.35. The molecule has 0 aliphatic heterocycles. The molecule has 3 heteroatoms. The summed E-state index contributed by atoms with van der Waals surface area (Å²) in [6, 6.07) is 10.1. The predicted molar refractivity (Wildman–Crippen MR) is 62.6 cm³/mol. The fourth-order valence-corrected chi connectivity index (χ4v) is 2.06. The molecule has 0 saturated heterocycles. The zero-order valence-electron chi connectivity index (χ0n) is 9.43. The normalized spacial score (nSPS) is 25.6. The van der Waals surface area contributed by atoms with Gasteiger partial charge < -0.3 is 5.11 Å². The maximum absolute atomic E-state index is 9.72. The monoisotopic (exact) mass is 221 g/mol. The van der Waals surface area contributed by atoms with Crippen LogP contribution in [0.5, 0.6) is 0 Å². The Morgan fingerprint density at radius 1 is 1.19 bits per heavy atom. The maximum atomic E-state index is 9.72. The predicted octanol–water partition coefficient (Wildman–Crippen LogP) is 2.01. The SMILES string of the molecule is OC1CCCCC1NOCc1ccccc1. The molecule has 1 aromatic rings. The Balaban J connectivity index is 1.71. The molecule has 3 nitrogen and oxygen atoms in total. The largest absolute Gasteiger partial charge is 0.391 e. The van der Waals surface area contributed by atoms with Gasteiger partial charge in [-0.1, -0.05) is 43.2 Å². The summed E-state index contributed by atoms with van der Waals surface area (Å²) < 4.78 is 0. The van der Waals surface area contributed by atoms with E-state index in [4.69, 9.17) is 4.84 Å². The Kier molecular flexibility index (Phi) is 4.34. The van der Waals surface area contributed by atoms with Crippen molar-refractivity contribution in [1.29, 1.82) is 0 Å². The minimum absolute atomic E-state index is 0.0949. The van der Waals surface area contributed by atoms with E-state index in [1.807, 2.05) is 30.3 Å². The van der Waals surface area contributed by atoms with Crippen molar-refractivity contribution in [3.8, 4) is 0 Å². The van der Waals surface area contributed by atoms with Gasteiger partial charge in [-0.2, -0.15) is 5.48 Å². The lowest BCUT2D eigenvalue weighted by Crippen LogP contribution is -2.41. The molecule has 1 aromatic carbocycles. The third-order valence-electron chi connectivity index (χ3n) is 3.05. The van der Waals surface area contributed by atoms with Crippen LogP contribution in [0.2, 0.25) is 0 Å². The quantitative estimate of drug-likeness (QED) is 0.764. The summed E-state index contributed by atoms with van der Waals surface area (Å²) in [6.07, 6.45) is 3.91. The number of hydrogen-bond donors (Lipinski definition) is 2. The average molecular weight is 221 g/mol. The van der Waals surface area contributed by atoms with Gasteiger partial charge in [0, 0.05) is 0 Å². The van der Waals surface area contributed by atoms with Gasteiger partial charge >= 0.3 is 0 Å². The summed E-state index contributed by atoms with van der Waals surface area (Å²) in [5, 5.41) is 9.72. The summed E-state index contributed by atoms with van der Waals surface area (Å²) in [5.74, 6) is 0. The summed E-state index contributed by atoms with van der Waals surface area (Å²) in [4.78, 5) is 5.42. The van der Waals surface area contributed by atoms with E-state index in [1.54, 1.807) is 0 Å². The van der Waals surface area contributed by atoms with E-state index >= 15 is 0 Å². The molecule has 0 bridgehead atoms. The number of benzene rings is 1. The molecule has 2 rings (SSSR count). The van der Waals surface area contributed by atoms with Crippen LogP contribution in [0.4, 0.5) is 0 Å². The zero-order chi connectivity index (χ0) is 11.2. The molecule has 88 valence electrons. The van der Waals surface area contributed by atoms with Gasteiger partial charge in [-0.05, 0) is 18.4 Å². The Morgan fingerprint density at radius 3 is 2.69 bits per heavy atom. The molecule has 2 unspecified atom stereocenters. The fourth-order valence-electron chi connectivity index (χ4n) is 2.06. The topological polar surface area (TPSA) is 41.5 Å². The molecule has 1 aliphatic carbocycles. The van der Waals surface area contributed by atoms with Crippen LogP contribution in [0, 0.1) is 0 Å². The molecule has 0 aromatic heterocycles. The van der Waals surface area contributed by atoms with Crippen LogP contribution >= 0.6 is 0 Å². The molecule has 1 saturated carbocycles. The number of rotatable bonds is 4. The van der Waals surface area contributed by atoms with Crippen molar-refractivity contribution >= 4 is 0 Å². The van der Waals surface area contributed by atoms with Gasteiger partial charge in [-0.15, -0.1) is 0 Å². The Hall–Kier alpha value is -0.900. The minimum Gasteiger partial charge on any atom is -0.391 e. The molecular formula is C13H19NO2. The second-order valence-electron chi connectivity index (χ2n) is 4.35. The minimum atomic E-state index is -0.260. The van der Waals surface area contributed by atoms with Crippen LogP contribution in [0.15, 0.2) is 30.3 Å². The summed E-state index contributed by atoms with van der Waals surface area (Å²) in [5.41, 5.74) is 4.11. The highest BCUT2D eigenvalue weighted by molar-refractivity contribution is 5.13. The first-order chi connectivity index (χ1) is 7.86. The highest BCUT2D eigenvalue weighted by atomic mass is 16.6. The van der Waals surface area contributed by atoms with Crippen LogP contribution in [-0.2, 0) is 11.4 Å². The molecule has 0 heterocycles. The molecule has 16 heavy (non-hydrogen) atoms. The van der Waals surface area contributed by atoms with E-state index < -0.39 is 0 Å². The van der Waals surface area contributed by atoms with E-state index in [-0.39, 0.29) is 12.1 Å². The van der Waals surface area contributed by atoms with Crippen molar-refractivity contribution in [1.82, 2.24) is 5.48 Å². The third kappa shape index (κ3) is 3.30. The van der Waals surface area contributed by atoms with Crippen LogP contribution in [0.3, 0.4) is 0 Å². The van der Waals surface area contributed by atoms with Crippen molar-refractivity contribution in [3.63, 3.8) is 0 Å². The third-order valence-corrected chi connectivity index (χ3v) is 3.05. The van der Waals surface area contributed by atoms with Crippen molar-refractivity contribution in [3.05, 3.63) is 35.9 Å². The van der Waals surface area contributed by atoms with Gasteiger partial charge in [-0.25, -0.2) is 0 Å². The Labute approximate surface area is 96.4 Å². The van der Waals surface area contributed by atoms with Crippen molar-refractivity contribution in [2.24, 2.45) is 0 Å². The maximum Gasteiger partial charge on any atom is 0.0933 e. The average Bonchev–Trinajstić information content (AvgIpc) is 2.33. The molecule has 0 radical (unpaired) electrons. The Morgan fingerprint density at radius 2 is 1.94 bits per heavy atom. The molecule has 1 aliphatic rings. The smallest absolute Gasteiger partial charge is 0.0933 e. The van der Waals surface area contributed by atoms with Gasteiger partial charge in [0.1, 0.15) is 0 Å².